The van der Waals surface area contributed by atoms with Crippen LogP contribution in [0.3, 0.4) is 0 Å². The fourth-order valence-electron chi connectivity index (χ4n) is 3.81. The fourth-order valence-corrected chi connectivity index (χ4v) is 3.81. The third-order valence-electron chi connectivity index (χ3n) is 5.49. The van der Waals surface area contributed by atoms with Gasteiger partial charge < -0.3 is 14.7 Å². The van der Waals surface area contributed by atoms with E-state index in [1.54, 1.807) is 32.9 Å². The molecule has 3 rings (SSSR count). The van der Waals surface area contributed by atoms with Gasteiger partial charge in [-0.25, -0.2) is 18.6 Å². The molecule has 2 aromatic heterocycles. The van der Waals surface area contributed by atoms with Gasteiger partial charge in [-0.05, 0) is 39.7 Å². The highest BCUT2D eigenvalue weighted by atomic mass is 19.1. The lowest BCUT2D eigenvalue weighted by atomic mass is 10.00. The van der Waals surface area contributed by atoms with Crippen molar-refractivity contribution in [1.29, 1.82) is 0 Å². The Bertz CT molecular complexity index is 934. The van der Waals surface area contributed by atoms with Gasteiger partial charge in [-0.2, -0.15) is 0 Å². The minimum Gasteiger partial charge on any atom is -0.481 e. The van der Waals surface area contributed by atoms with Crippen LogP contribution in [0.5, 0.6) is 5.88 Å². The van der Waals surface area contributed by atoms with Gasteiger partial charge in [0.25, 0.3) is 0 Å². The predicted molar refractivity (Wildman–Crippen MR) is 109 cm³/mol. The summed E-state index contributed by atoms with van der Waals surface area (Å²) in [5.74, 6) is -0.0882. The number of amides is 1. The van der Waals surface area contributed by atoms with Crippen LogP contribution in [0.25, 0.3) is 11.0 Å². The van der Waals surface area contributed by atoms with E-state index in [1.807, 2.05) is 4.90 Å². The van der Waals surface area contributed by atoms with Gasteiger partial charge in [0.2, 0.25) is 5.88 Å². The lowest BCUT2D eigenvalue weighted by Gasteiger charge is -2.37. The summed E-state index contributed by atoms with van der Waals surface area (Å²) in [5, 5.41) is 9.46. The molecule has 3 heterocycles. The molecule has 1 saturated heterocycles. The lowest BCUT2D eigenvalue weighted by Crippen LogP contribution is -2.52. The van der Waals surface area contributed by atoms with Gasteiger partial charge >= 0.3 is 6.09 Å². The summed E-state index contributed by atoms with van der Waals surface area (Å²) in [6.45, 7) is 6.07. The van der Waals surface area contributed by atoms with Gasteiger partial charge in [-0.15, -0.1) is 0 Å². The van der Waals surface area contributed by atoms with Crippen LogP contribution >= 0.6 is 0 Å². The van der Waals surface area contributed by atoms with Crippen molar-refractivity contribution >= 4 is 17.1 Å². The summed E-state index contributed by atoms with van der Waals surface area (Å²) in [6.07, 6.45) is 0.605. The van der Waals surface area contributed by atoms with E-state index in [0.29, 0.717) is 42.0 Å². The Hall–Kier alpha value is -2.55. The van der Waals surface area contributed by atoms with Gasteiger partial charge in [0.1, 0.15) is 11.5 Å². The smallest absolute Gasteiger partial charge is 0.407 e. The number of halogens is 2. The topological polar surface area (TPSA) is 78.8 Å². The molecule has 0 bridgehead atoms. The number of methoxy groups -OCH3 is 1. The third-order valence-corrected chi connectivity index (χ3v) is 5.49. The van der Waals surface area contributed by atoms with Crippen LogP contribution in [-0.2, 0) is 6.42 Å². The van der Waals surface area contributed by atoms with Crippen LogP contribution < -0.4 is 4.74 Å². The summed E-state index contributed by atoms with van der Waals surface area (Å²) in [7, 11) is 1.49. The Labute approximate surface area is 174 Å². The molecule has 7 nitrogen and oxygen atoms in total. The van der Waals surface area contributed by atoms with Crippen molar-refractivity contribution in [3.63, 3.8) is 0 Å². The second kappa shape index (κ2) is 8.29. The maximum Gasteiger partial charge on any atom is 0.407 e. The summed E-state index contributed by atoms with van der Waals surface area (Å²) >= 11 is 0. The lowest BCUT2D eigenvalue weighted by molar-refractivity contribution is 0.0454. The van der Waals surface area contributed by atoms with Crippen molar-refractivity contribution < 1.29 is 23.4 Å². The number of carboxylic acid groups (broad SMARTS) is 1. The highest BCUT2D eigenvalue weighted by Gasteiger charge is 2.43. The summed E-state index contributed by atoms with van der Waals surface area (Å²) < 4.78 is 35.0. The average molecular weight is 422 g/mol. The van der Waals surface area contributed by atoms with Gasteiger partial charge in [-0.3, -0.25) is 9.88 Å². The number of nitrogens with zero attached hydrogens (tertiary/aromatic N) is 4. The maximum atomic E-state index is 15.4. The SMILES string of the molecule is COc1ccc2ncc(F)c(CCN3CCC(F)(CN(C(=O)O)C(C)(C)C)C3)c2n1. The maximum absolute atomic E-state index is 15.4. The highest BCUT2D eigenvalue weighted by molar-refractivity contribution is 5.78. The summed E-state index contributed by atoms with van der Waals surface area (Å²) in [5.41, 5.74) is -0.911. The first-order valence-corrected chi connectivity index (χ1v) is 9.92. The molecule has 0 spiro atoms. The molecule has 164 valence electrons. The van der Waals surface area contributed by atoms with Gasteiger partial charge in [0.05, 0.1) is 30.9 Å². The molecule has 1 atom stereocenters. The van der Waals surface area contributed by atoms with Crippen LogP contribution in [0.15, 0.2) is 18.3 Å². The van der Waals surface area contributed by atoms with Crippen molar-refractivity contribution in [1.82, 2.24) is 19.8 Å². The number of likely N-dealkylation sites (tertiary alicyclic amines) is 1. The van der Waals surface area contributed by atoms with E-state index in [0.717, 1.165) is 4.90 Å². The number of hydrogen-bond donors (Lipinski definition) is 1. The molecule has 0 aliphatic carbocycles. The average Bonchev–Trinajstić information content (AvgIpc) is 3.05. The molecule has 1 amide bonds. The molecule has 30 heavy (non-hydrogen) atoms. The molecule has 0 aromatic carbocycles. The molecular formula is C21H28F2N4O3. The molecule has 2 aromatic rings. The Balaban J connectivity index is 1.71. The molecule has 1 aliphatic heterocycles. The zero-order valence-electron chi connectivity index (χ0n) is 17.8. The second-order valence-electron chi connectivity index (χ2n) is 8.77. The number of rotatable bonds is 6. The van der Waals surface area contributed by atoms with Gasteiger partial charge in [-0.1, -0.05) is 0 Å². The van der Waals surface area contributed by atoms with E-state index in [-0.39, 0.29) is 19.5 Å². The predicted octanol–water partition coefficient (Wildman–Crippen LogP) is 3.51. The number of aromatic nitrogens is 2. The van der Waals surface area contributed by atoms with E-state index in [1.165, 1.54) is 13.3 Å². The van der Waals surface area contributed by atoms with Crippen LogP contribution in [0, 0.1) is 5.82 Å². The number of hydrogen-bond acceptors (Lipinski definition) is 5. The Morgan fingerprint density at radius 1 is 1.40 bits per heavy atom. The zero-order valence-corrected chi connectivity index (χ0v) is 17.8. The van der Waals surface area contributed by atoms with Gasteiger partial charge in [0.15, 0.2) is 0 Å². The number of fused-ring (bicyclic) bond motifs is 1. The molecule has 1 fully saturated rings. The minimum absolute atomic E-state index is 0.105. The summed E-state index contributed by atoms with van der Waals surface area (Å²) in [4.78, 5) is 23.0. The number of alkyl halides is 1. The second-order valence-corrected chi connectivity index (χ2v) is 8.77. The van der Waals surface area contributed by atoms with E-state index >= 15 is 4.39 Å². The summed E-state index contributed by atoms with van der Waals surface area (Å²) in [6, 6.07) is 3.39. The van der Waals surface area contributed by atoms with Gasteiger partial charge in [0, 0.05) is 36.8 Å². The Kier molecular flexibility index (Phi) is 6.12. The molecule has 9 heteroatoms. The Morgan fingerprint density at radius 2 is 2.13 bits per heavy atom. The van der Waals surface area contributed by atoms with Crippen LogP contribution in [0.1, 0.15) is 32.8 Å². The molecule has 1 N–H and O–H groups in total. The van der Waals surface area contributed by atoms with E-state index < -0.39 is 23.1 Å². The normalized spacial score (nSPS) is 19.9. The fraction of sp³-hybridized carbons (Fsp3) is 0.571. The standard InChI is InChI=1S/C21H28F2N4O3/c1-20(2,3)27(19(28)29)13-21(23)8-10-26(12-21)9-7-14-15(22)11-24-16-5-6-17(30-4)25-18(14)16/h5-6,11H,7-10,12-13H2,1-4H3,(H,28,29). The van der Waals surface area contributed by atoms with Crippen molar-refractivity contribution in [2.45, 2.75) is 44.8 Å². The first kappa shape index (κ1) is 22.1. The van der Waals surface area contributed by atoms with E-state index in [2.05, 4.69) is 9.97 Å². The minimum atomic E-state index is -1.63. The monoisotopic (exact) mass is 422 g/mol. The van der Waals surface area contributed by atoms with Crippen LogP contribution in [-0.4, -0.2) is 75.5 Å². The third kappa shape index (κ3) is 4.77. The molecule has 1 unspecified atom stereocenters. The molecule has 0 saturated carbocycles. The van der Waals surface area contributed by atoms with Crippen molar-refractivity contribution in [3.8, 4) is 5.88 Å². The van der Waals surface area contributed by atoms with E-state index in [4.69, 9.17) is 4.74 Å². The van der Waals surface area contributed by atoms with E-state index in [9.17, 15) is 14.3 Å². The number of pyridine rings is 2. The van der Waals surface area contributed by atoms with Crippen molar-refractivity contribution in [3.05, 3.63) is 29.7 Å². The van der Waals surface area contributed by atoms with Crippen LogP contribution in [0.4, 0.5) is 13.6 Å². The Morgan fingerprint density at radius 3 is 2.77 bits per heavy atom. The zero-order chi connectivity index (χ0) is 22.1. The number of ether oxygens (including phenoxy) is 1. The first-order chi connectivity index (χ1) is 14.0. The highest BCUT2D eigenvalue weighted by Crippen LogP contribution is 2.30. The molecule has 0 radical (unpaired) electrons. The quantitative estimate of drug-likeness (QED) is 0.768. The first-order valence-electron chi connectivity index (χ1n) is 9.92. The van der Waals surface area contributed by atoms with Crippen molar-refractivity contribution in [2.24, 2.45) is 0 Å². The molecular weight excluding hydrogens is 394 g/mol. The van der Waals surface area contributed by atoms with Crippen LogP contribution in [0.2, 0.25) is 0 Å². The van der Waals surface area contributed by atoms with Crippen molar-refractivity contribution in [2.75, 3.05) is 33.3 Å². The largest absolute Gasteiger partial charge is 0.481 e. The molecule has 1 aliphatic rings. The number of carbonyl (C=O) groups is 1.